The van der Waals surface area contributed by atoms with Crippen LogP contribution in [-0.4, -0.2) is 37.0 Å². The van der Waals surface area contributed by atoms with Crippen molar-refractivity contribution in [1.82, 2.24) is 19.1 Å². The molecule has 3 N–H and O–H groups in total. The number of aliphatic hydroxyl groups excluding tert-OH is 1. The highest BCUT2D eigenvalue weighted by molar-refractivity contribution is 5.79. The van der Waals surface area contributed by atoms with Crippen molar-refractivity contribution in [3.63, 3.8) is 0 Å². The predicted molar refractivity (Wildman–Crippen MR) is 100 cm³/mol. The standard InChI is InChI=1S/C17H18N6O3/c1-22-14-13(15(25)20-17(22)26)23(10-11-24)16(19-14)21-18-9-5-8-12-6-3-2-4-7-12/h2-9,24H,10-11H2,1H3,(H,19,21)(H,20,25,26). The minimum atomic E-state index is -0.565. The SMILES string of the molecule is Cn1c(=O)[nH]c(=O)c2c1nc(NN=CC=Cc1ccccc1)n2CCO. The number of hydrogen-bond acceptors (Lipinski definition) is 6. The van der Waals surface area contributed by atoms with E-state index in [1.807, 2.05) is 36.4 Å². The zero-order valence-corrected chi connectivity index (χ0v) is 14.1. The highest BCUT2D eigenvalue weighted by atomic mass is 16.3. The highest BCUT2D eigenvalue weighted by Crippen LogP contribution is 2.14. The number of hydrogen-bond donors (Lipinski definition) is 3. The van der Waals surface area contributed by atoms with Crippen molar-refractivity contribution in [3.8, 4) is 0 Å². The smallest absolute Gasteiger partial charge is 0.329 e. The average Bonchev–Trinajstić information content (AvgIpc) is 3.00. The Kier molecular flexibility index (Phi) is 5.09. The summed E-state index contributed by atoms with van der Waals surface area (Å²) >= 11 is 0. The first-order valence-electron chi connectivity index (χ1n) is 7.93. The lowest BCUT2D eigenvalue weighted by Crippen LogP contribution is -2.29. The Morgan fingerprint density at radius 3 is 2.81 bits per heavy atom. The van der Waals surface area contributed by atoms with Crippen molar-refractivity contribution in [2.75, 3.05) is 12.0 Å². The van der Waals surface area contributed by atoms with E-state index in [1.165, 1.54) is 16.2 Å². The van der Waals surface area contributed by atoms with Crippen molar-refractivity contribution in [1.29, 1.82) is 0 Å². The minimum Gasteiger partial charge on any atom is -0.395 e. The van der Waals surface area contributed by atoms with E-state index in [1.54, 1.807) is 12.3 Å². The van der Waals surface area contributed by atoms with Gasteiger partial charge in [-0.15, -0.1) is 0 Å². The van der Waals surface area contributed by atoms with E-state index < -0.39 is 11.2 Å². The molecule has 3 rings (SSSR count). The molecule has 2 aromatic heterocycles. The van der Waals surface area contributed by atoms with Gasteiger partial charge in [0.1, 0.15) is 0 Å². The summed E-state index contributed by atoms with van der Waals surface area (Å²) in [7, 11) is 1.51. The van der Waals surface area contributed by atoms with E-state index in [-0.39, 0.29) is 30.3 Å². The van der Waals surface area contributed by atoms with Crippen LogP contribution in [-0.2, 0) is 13.6 Å². The molecule has 1 aromatic carbocycles. The Hall–Kier alpha value is -3.46. The number of nitrogens with one attached hydrogen (secondary N) is 2. The van der Waals surface area contributed by atoms with Crippen LogP contribution in [0.2, 0.25) is 0 Å². The minimum absolute atomic E-state index is 0.134. The highest BCUT2D eigenvalue weighted by Gasteiger charge is 2.16. The third-order valence-electron chi connectivity index (χ3n) is 3.74. The van der Waals surface area contributed by atoms with Gasteiger partial charge in [-0.2, -0.15) is 10.1 Å². The summed E-state index contributed by atoms with van der Waals surface area (Å²) < 4.78 is 2.71. The van der Waals surface area contributed by atoms with Crippen LogP contribution in [0.5, 0.6) is 0 Å². The molecule has 0 unspecified atom stereocenters. The van der Waals surface area contributed by atoms with Crippen LogP contribution in [0.25, 0.3) is 17.2 Å². The molecule has 0 saturated carbocycles. The second-order valence-corrected chi connectivity index (χ2v) is 5.46. The van der Waals surface area contributed by atoms with Crippen molar-refractivity contribution in [3.05, 3.63) is 62.8 Å². The van der Waals surface area contributed by atoms with E-state index >= 15 is 0 Å². The van der Waals surface area contributed by atoms with E-state index in [9.17, 15) is 14.7 Å². The van der Waals surface area contributed by atoms with Gasteiger partial charge in [0.25, 0.3) is 5.56 Å². The number of anilines is 1. The Morgan fingerprint density at radius 2 is 2.08 bits per heavy atom. The number of rotatable bonds is 6. The molecule has 2 heterocycles. The van der Waals surface area contributed by atoms with Gasteiger partial charge in [0, 0.05) is 19.8 Å². The van der Waals surface area contributed by atoms with Crippen molar-refractivity contribution >= 4 is 29.4 Å². The maximum absolute atomic E-state index is 12.1. The molecule has 134 valence electrons. The number of hydrazone groups is 1. The van der Waals surface area contributed by atoms with Gasteiger partial charge < -0.3 is 9.67 Å². The lowest BCUT2D eigenvalue weighted by molar-refractivity contribution is 0.278. The molecule has 0 bridgehead atoms. The fourth-order valence-corrected chi connectivity index (χ4v) is 2.49. The second-order valence-electron chi connectivity index (χ2n) is 5.46. The van der Waals surface area contributed by atoms with Crippen molar-refractivity contribution < 1.29 is 5.11 Å². The van der Waals surface area contributed by atoms with Gasteiger partial charge in [-0.05, 0) is 11.6 Å². The molecule has 0 atom stereocenters. The number of H-pyrrole nitrogens is 1. The van der Waals surface area contributed by atoms with Crippen LogP contribution >= 0.6 is 0 Å². The zero-order chi connectivity index (χ0) is 18.5. The van der Waals surface area contributed by atoms with Crippen molar-refractivity contribution in [2.45, 2.75) is 6.54 Å². The molecule has 0 radical (unpaired) electrons. The van der Waals surface area contributed by atoms with Crippen LogP contribution in [0.1, 0.15) is 5.56 Å². The molecule has 9 nitrogen and oxygen atoms in total. The number of aromatic nitrogens is 4. The quantitative estimate of drug-likeness (QED) is 0.441. The third-order valence-corrected chi connectivity index (χ3v) is 3.74. The molecule has 3 aromatic rings. The van der Waals surface area contributed by atoms with Gasteiger partial charge >= 0.3 is 5.69 Å². The maximum atomic E-state index is 12.1. The van der Waals surface area contributed by atoms with Gasteiger partial charge in [0.15, 0.2) is 11.2 Å². The van der Waals surface area contributed by atoms with E-state index in [0.717, 1.165) is 5.56 Å². The molecule has 0 amide bonds. The maximum Gasteiger partial charge on any atom is 0.329 e. The summed E-state index contributed by atoms with van der Waals surface area (Å²) in [6.07, 6.45) is 5.18. The predicted octanol–water partition coefficient (Wildman–Crippen LogP) is 0.527. The first kappa shape index (κ1) is 17.4. The number of aromatic amines is 1. The van der Waals surface area contributed by atoms with E-state index in [2.05, 4.69) is 20.5 Å². The number of imidazole rings is 1. The van der Waals surface area contributed by atoms with Crippen LogP contribution in [0.4, 0.5) is 5.95 Å². The molecule has 9 heteroatoms. The summed E-state index contributed by atoms with van der Waals surface area (Å²) in [5.74, 6) is 0.255. The summed E-state index contributed by atoms with van der Waals surface area (Å²) in [5.41, 5.74) is 3.06. The Morgan fingerprint density at radius 1 is 1.31 bits per heavy atom. The van der Waals surface area contributed by atoms with E-state index in [0.29, 0.717) is 0 Å². The second kappa shape index (κ2) is 7.62. The summed E-state index contributed by atoms with van der Waals surface area (Å²) in [6, 6.07) is 9.74. The zero-order valence-electron chi connectivity index (χ0n) is 14.1. The molecule has 26 heavy (non-hydrogen) atoms. The monoisotopic (exact) mass is 354 g/mol. The van der Waals surface area contributed by atoms with Gasteiger partial charge in [-0.1, -0.05) is 36.4 Å². The van der Waals surface area contributed by atoms with Gasteiger partial charge in [-0.25, -0.2) is 10.2 Å². The average molecular weight is 354 g/mol. The summed E-state index contributed by atoms with van der Waals surface area (Å²) in [5, 5.41) is 13.3. The summed E-state index contributed by atoms with van der Waals surface area (Å²) in [6.45, 7) is -0.0600. The number of fused-ring (bicyclic) bond motifs is 1. The fourth-order valence-electron chi connectivity index (χ4n) is 2.49. The van der Waals surface area contributed by atoms with E-state index in [4.69, 9.17) is 0 Å². The van der Waals surface area contributed by atoms with Gasteiger partial charge in [0.2, 0.25) is 5.95 Å². The Bertz CT molecular complexity index is 1080. The van der Waals surface area contributed by atoms with Gasteiger partial charge in [-0.3, -0.25) is 14.3 Å². The lowest BCUT2D eigenvalue weighted by atomic mass is 10.2. The lowest BCUT2D eigenvalue weighted by Gasteiger charge is -2.05. The molecular weight excluding hydrogens is 336 g/mol. The molecule has 0 spiro atoms. The first-order valence-corrected chi connectivity index (χ1v) is 7.93. The summed E-state index contributed by atoms with van der Waals surface area (Å²) in [4.78, 5) is 30.3. The Labute approximate surface area is 147 Å². The first-order chi connectivity index (χ1) is 12.6. The molecule has 0 aliphatic carbocycles. The molecule has 0 saturated heterocycles. The molecular formula is C17H18N6O3. The number of aliphatic hydroxyl groups is 1. The Balaban J connectivity index is 1.89. The van der Waals surface area contributed by atoms with Crippen LogP contribution in [0, 0.1) is 0 Å². The largest absolute Gasteiger partial charge is 0.395 e. The normalized spacial score (nSPS) is 11.8. The number of aryl methyl sites for hydroxylation is 1. The molecule has 0 aliphatic rings. The number of nitrogens with zero attached hydrogens (tertiary/aromatic N) is 4. The topological polar surface area (TPSA) is 117 Å². The van der Waals surface area contributed by atoms with Crippen LogP contribution < -0.4 is 16.7 Å². The number of allylic oxidation sites excluding steroid dienone is 1. The van der Waals surface area contributed by atoms with Crippen LogP contribution in [0.3, 0.4) is 0 Å². The van der Waals surface area contributed by atoms with Gasteiger partial charge in [0.05, 0.1) is 6.61 Å². The van der Waals surface area contributed by atoms with Crippen molar-refractivity contribution in [2.24, 2.45) is 12.1 Å². The third kappa shape index (κ3) is 3.47. The molecule has 0 aliphatic heterocycles. The molecule has 0 fully saturated rings. The van der Waals surface area contributed by atoms with Crippen LogP contribution in [0.15, 0.2) is 51.1 Å². The number of benzene rings is 1. The fraction of sp³-hybridized carbons (Fsp3) is 0.176.